The van der Waals surface area contributed by atoms with Crippen molar-refractivity contribution in [3.63, 3.8) is 0 Å². The van der Waals surface area contributed by atoms with Crippen LogP contribution in [0.3, 0.4) is 0 Å². The second-order valence-corrected chi connectivity index (χ2v) is 4.16. The molecule has 0 bridgehead atoms. The smallest absolute Gasteiger partial charge is 0.152 e. The minimum Gasteiger partial charge on any atom is -0.496 e. The minimum atomic E-state index is -0.379. The van der Waals surface area contributed by atoms with Crippen LogP contribution in [0, 0.1) is 0 Å². The van der Waals surface area contributed by atoms with Crippen LogP contribution in [-0.4, -0.2) is 25.0 Å². The molecule has 4 nitrogen and oxygen atoms in total. The summed E-state index contributed by atoms with van der Waals surface area (Å²) in [5.41, 5.74) is 7.14. The van der Waals surface area contributed by atoms with E-state index in [1.165, 1.54) is 0 Å². The molecule has 1 unspecified atom stereocenters. The highest BCUT2D eigenvalue weighted by Crippen LogP contribution is 2.29. The molecule has 0 saturated carbocycles. The van der Waals surface area contributed by atoms with Crippen molar-refractivity contribution in [2.24, 2.45) is 10.9 Å². The van der Waals surface area contributed by atoms with Crippen LogP contribution < -0.4 is 10.5 Å². The van der Waals surface area contributed by atoms with E-state index in [1.807, 2.05) is 31.2 Å². The average molecular weight is 220 g/mol. The Balaban J connectivity index is 2.27. The number of rotatable bonds is 3. The lowest BCUT2D eigenvalue weighted by Gasteiger charge is -2.18. The van der Waals surface area contributed by atoms with E-state index in [2.05, 4.69) is 5.16 Å². The summed E-state index contributed by atoms with van der Waals surface area (Å²) in [6.07, 6.45) is 0.712. The summed E-state index contributed by atoms with van der Waals surface area (Å²) < 4.78 is 5.29. The molecule has 1 atom stereocenters. The van der Waals surface area contributed by atoms with E-state index in [9.17, 15) is 0 Å². The van der Waals surface area contributed by atoms with Gasteiger partial charge in [0, 0.05) is 18.5 Å². The highest BCUT2D eigenvalue weighted by molar-refractivity contribution is 6.03. The normalized spacial score (nSPS) is 23.8. The third kappa shape index (κ3) is 1.88. The lowest BCUT2D eigenvalue weighted by atomic mass is 9.96. The number of oxime groups is 1. The Kier molecular flexibility index (Phi) is 2.83. The van der Waals surface area contributed by atoms with Gasteiger partial charge in [-0.15, -0.1) is 0 Å². The number of ether oxygens (including phenoxy) is 1. The van der Waals surface area contributed by atoms with Gasteiger partial charge in [-0.25, -0.2) is 0 Å². The molecule has 1 aromatic carbocycles. The summed E-state index contributed by atoms with van der Waals surface area (Å²) in [7, 11) is 1.65. The molecule has 0 amide bonds. The Hall–Kier alpha value is -1.55. The van der Waals surface area contributed by atoms with Gasteiger partial charge in [0.05, 0.1) is 12.8 Å². The summed E-state index contributed by atoms with van der Waals surface area (Å²) >= 11 is 0. The Labute approximate surface area is 95.0 Å². The van der Waals surface area contributed by atoms with E-state index in [0.29, 0.717) is 13.0 Å². The zero-order chi connectivity index (χ0) is 11.6. The third-order valence-corrected chi connectivity index (χ3v) is 2.77. The number of para-hydroxylation sites is 1. The van der Waals surface area contributed by atoms with Gasteiger partial charge in [-0.05, 0) is 19.1 Å². The molecule has 16 heavy (non-hydrogen) atoms. The van der Waals surface area contributed by atoms with Gasteiger partial charge in [-0.1, -0.05) is 17.3 Å². The minimum absolute atomic E-state index is 0.379. The van der Waals surface area contributed by atoms with E-state index in [0.717, 1.165) is 17.0 Å². The topological polar surface area (TPSA) is 56.8 Å². The number of hydrogen-bond donors (Lipinski definition) is 1. The predicted molar refractivity (Wildman–Crippen MR) is 62.7 cm³/mol. The maximum Gasteiger partial charge on any atom is 0.152 e. The SMILES string of the molecule is COc1ccccc1C1=NOC(C)(CN)C1. The van der Waals surface area contributed by atoms with E-state index in [4.69, 9.17) is 15.3 Å². The van der Waals surface area contributed by atoms with Gasteiger partial charge >= 0.3 is 0 Å². The number of nitrogens with two attached hydrogens (primary N) is 1. The average Bonchev–Trinajstić information content (AvgIpc) is 2.73. The first kappa shape index (κ1) is 11.0. The van der Waals surface area contributed by atoms with Crippen molar-refractivity contribution >= 4 is 5.71 Å². The summed E-state index contributed by atoms with van der Waals surface area (Å²) in [5, 5.41) is 4.10. The fraction of sp³-hybridized carbons (Fsp3) is 0.417. The molecule has 0 aromatic heterocycles. The molecule has 0 aliphatic carbocycles. The van der Waals surface area contributed by atoms with Crippen LogP contribution in [0.1, 0.15) is 18.9 Å². The van der Waals surface area contributed by atoms with Gasteiger partial charge in [-0.3, -0.25) is 0 Å². The first-order valence-electron chi connectivity index (χ1n) is 5.27. The molecule has 1 aliphatic heterocycles. The molecule has 0 radical (unpaired) electrons. The second kappa shape index (κ2) is 4.14. The van der Waals surface area contributed by atoms with Gasteiger partial charge in [-0.2, -0.15) is 0 Å². The third-order valence-electron chi connectivity index (χ3n) is 2.77. The largest absolute Gasteiger partial charge is 0.496 e. The maximum absolute atomic E-state index is 5.65. The molecular weight excluding hydrogens is 204 g/mol. The van der Waals surface area contributed by atoms with Crippen LogP contribution >= 0.6 is 0 Å². The van der Waals surface area contributed by atoms with Crippen LogP contribution in [0.5, 0.6) is 5.75 Å². The van der Waals surface area contributed by atoms with Gasteiger partial charge < -0.3 is 15.3 Å². The van der Waals surface area contributed by atoms with Crippen molar-refractivity contribution < 1.29 is 9.57 Å². The molecule has 1 aromatic rings. The maximum atomic E-state index is 5.65. The van der Waals surface area contributed by atoms with Gasteiger partial charge in [0.2, 0.25) is 0 Å². The van der Waals surface area contributed by atoms with Gasteiger partial charge in [0.15, 0.2) is 5.60 Å². The van der Waals surface area contributed by atoms with E-state index in [-0.39, 0.29) is 5.60 Å². The van der Waals surface area contributed by atoms with E-state index in [1.54, 1.807) is 7.11 Å². The van der Waals surface area contributed by atoms with Crippen LogP contribution in [-0.2, 0) is 4.84 Å². The molecule has 2 rings (SSSR count). The molecule has 4 heteroatoms. The van der Waals surface area contributed by atoms with Gasteiger partial charge in [0.1, 0.15) is 5.75 Å². The lowest BCUT2D eigenvalue weighted by molar-refractivity contribution is 0.00422. The van der Waals surface area contributed by atoms with Crippen molar-refractivity contribution in [2.75, 3.05) is 13.7 Å². The molecule has 0 saturated heterocycles. The Bertz CT molecular complexity index is 417. The molecule has 0 fully saturated rings. The first-order valence-corrected chi connectivity index (χ1v) is 5.27. The molecule has 1 heterocycles. The number of methoxy groups -OCH3 is 1. The zero-order valence-corrected chi connectivity index (χ0v) is 9.56. The van der Waals surface area contributed by atoms with Crippen LogP contribution in [0.2, 0.25) is 0 Å². The second-order valence-electron chi connectivity index (χ2n) is 4.16. The molecule has 0 spiro atoms. The number of hydrogen-bond acceptors (Lipinski definition) is 4. The van der Waals surface area contributed by atoms with Crippen molar-refractivity contribution in [3.8, 4) is 5.75 Å². The van der Waals surface area contributed by atoms with Crippen LogP contribution in [0.15, 0.2) is 29.4 Å². The molecule has 86 valence electrons. The standard InChI is InChI=1S/C12H16N2O2/c1-12(8-13)7-10(14-16-12)9-5-3-4-6-11(9)15-2/h3-6H,7-8,13H2,1-2H3. The Morgan fingerprint density at radius 2 is 2.25 bits per heavy atom. The van der Waals surface area contributed by atoms with Crippen molar-refractivity contribution in [1.29, 1.82) is 0 Å². The van der Waals surface area contributed by atoms with Gasteiger partial charge in [0.25, 0.3) is 0 Å². The molecular formula is C12H16N2O2. The first-order chi connectivity index (χ1) is 7.68. The van der Waals surface area contributed by atoms with Crippen molar-refractivity contribution in [1.82, 2.24) is 0 Å². The number of nitrogens with zero attached hydrogens (tertiary/aromatic N) is 1. The fourth-order valence-electron chi connectivity index (χ4n) is 1.72. The lowest BCUT2D eigenvalue weighted by Crippen LogP contribution is -2.34. The molecule has 1 aliphatic rings. The monoisotopic (exact) mass is 220 g/mol. The Morgan fingerprint density at radius 1 is 1.50 bits per heavy atom. The Morgan fingerprint density at radius 3 is 2.88 bits per heavy atom. The molecule has 2 N–H and O–H groups in total. The fourth-order valence-corrected chi connectivity index (χ4v) is 1.72. The van der Waals surface area contributed by atoms with Crippen molar-refractivity contribution in [2.45, 2.75) is 18.9 Å². The highest BCUT2D eigenvalue weighted by Gasteiger charge is 2.34. The number of benzene rings is 1. The van der Waals surface area contributed by atoms with Crippen molar-refractivity contribution in [3.05, 3.63) is 29.8 Å². The van der Waals surface area contributed by atoms with Crippen LogP contribution in [0.25, 0.3) is 0 Å². The summed E-state index contributed by atoms with van der Waals surface area (Å²) in [5.74, 6) is 0.811. The highest BCUT2D eigenvalue weighted by atomic mass is 16.7. The van der Waals surface area contributed by atoms with E-state index >= 15 is 0 Å². The summed E-state index contributed by atoms with van der Waals surface area (Å²) in [6.45, 7) is 2.41. The van der Waals surface area contributed by atoms with Crippen LogP contribution in [0.4, 0.5) is 0 Å². The zero-order valence-electron chi connectivity index (χ0n) is 9.56. The summed E-state index contributed by atoms with van der Waals surface area (Å²) in [6, 6.07) is 7.78. The summed E-state index contributed by atoms with van der Waals surface area (Å²) in [4.78, 5) is 5.36. The predicted octanol–water partition coefficient (Wildman–Crippen LogP) is 1.54. The van der Waals surface area contributed by atoms with E-state index < -0.39 is 0 Å². The quantitative estimate of drug-likeness (QED) is 0.840.